The van der Waals surface area contributed by atoms with E-state index in [0.717, 1.165) is 11.8 Å². The third kappa shape index (κ3) is 0.405. The van der Waals surface area contributed by atoms with Crippen LogP contribution in [0.2, 0.25) is 0 Å². The fraction of sp³-hybridized carbons (Fsp3) is 0.625. The van der Waals surface area contributed by atoms with Gasteiger partial charge in [-0.15, -0.1) is 0 Å². The Morgan fingerprint density at radius 2 is 2.50 bits per heavy atom. The van der Waals surface area contributed by atoms with Crippen molar-refractivity contribution in [1.29, 1.82) is 0 Å². The van der Waals surface area contributed by atoms with Gasteiger partial charge in [0.05, 0.1) is 5.69 Å². The van der Waals surface area contributed by atoms with Gasteiger partial charge < -0.3 is 0 Å². The number of aromatic nitrogens is 2. The largest absolute Gasteiger partial charge is 0.282 e. The van der Waals surface area contributed by atoms with E-state index in [1.807, 2.05) is 0 Å². The number of hydrogen-bond acceptors (Lipinski definition) is 1. The van der Waals surface area contributed by atoms with Crippen LogP contribution in [0.5, 0.6) is 0 Å². The molecule has 1 heterocycles. The molecule has 0 aromatic carbocycles. The summed E-state index contributed by atoms with van der Waals surface area (Å²) in [5, 5.41) is 7.32. The van der Waals surface area contributed by atoms with Gasteiger partial charge >= 0.3 is 0 Å². The Morgan fingerprint density at radius 1 is 1.60 bits per heavy atom. The zero-order valence-electron chi connectivity index (χ0n) is 6.02. The van der Waals surface area contributed by atoms with Gasteiger partial charge in [0.2, 0.25) is 0 Å². The van der Waals surface area contributed by atoms with Crippen molar-refractivity contribution in [2.24, 2.45) is 5.92 Å². The minimum Gasteiger partial charge on any atom is -0.282 e. The SMILES string of the molecule is Cc1n[nH]c2c1C[C@H]1C[C@@H]21. The maximum atomic E-state index is 4.19. The Morgan fingerprint density at radius 3 is 3.30 bits per heavy atom. The van der Waals surface area contributed by atoms with Crippen molar-refractivity contribution in [1.82, 2.24) is 10.2 Å². The third-order valence-corrected chi connectivity index (χ3v) is 2.87. The summed E-state index contributed by atoms with van der Waals surface area (Å²) in [4.78, 5) is 0. The van der Waals surface area contributed by atoms with Crippen LogP contribution in [0.3, 0.4) is 0 Å². The molecular formula is C8H10N2. The summed E-state index contributed by atoms with van der Waals surface area (Å²) in [7, 11) is 0. The summed E-state index contributed by atoms with van der Waals surface area (Å²) in [6.07, 6.45) is 2.71. The highest BCUT2D eigenvalue weighted by Gasteiger charge is 2.47. The van der Waals surface area contributed by atoms with Crippen molar-refractivity contribution >= 4 is 0 Å². The van der Waals surface area contributed by atoms with E-state index in [9.17, 15) is 0 Å². The van der Waals surface area contributed by atoms with Crippen molar-refractivity contribution in [3.05, 3.63) is 17.0 Å². The first-order chi connectivity index (χ1) is 4.86. The highest BCUT2D eigenvalue weighted by atomic mass is 15.1. The summed E-state index contributed by atoms with van der Waals surface area (Å²) in [6, 6.07) is 0. The quantitative estimate of drug-likeness (QED) is 0.570. The van der Waals surface area contributed by atoms with Crippen LogP contribution in [-0.4, -0.2) is 10.2 Å². The van der Waals surface area contributed by atoms with Gasteiger partial charge in [-0.05, 0) is 31.2 Å². The molecule has 1 aromatic rings. The molecule has 0 bridgehead atoms. The highest BCUT2D eigenvalue weighted by Crippen LogP contribution is 2.55. The summed E-state index contributed by atoms with van der Waals surface area (Å²) in [5.41, 5.74) is 4.19. The minimum absolute atomic E-state index is 0.871. The summed E-state index contributed by atoms with van der Waals surface area (Å²) in [6.45, 7) is 2.10. The van der Waals surface area contributed by atoms with Gasteiger partial charge in [0.15, 0.2) is 0 Å². The van der Waals surface area contributed by atoms with Gasteiger partial charge in [0.1, 0.15) is 0 Å². The number of aromatic amines is 1. The normalized spacial score (nSPS) is 33.7. The molecule has 2 atom stereocenters. The molecule has 52 valence electrons. The Kier molecular flexibility index (Phi) is 0.636. The number of rotatable bonds is 0. The molecule has 1 N–H and O–H groups in total. The van der Waals surface area contributed by atoms with Crippen LogP contribution >= 0.6 is 0 Å². The van der Waals surface area contributed by atoms with Crippen LogP contribution in [0.4, 0.5) is 0 Å². The molecule has 2 aliphatic rings. The highest BCUT2D eigenvalue weighted by molar-refractivity contribution is 5.38. The molecule has 1 fully saturated rings. The van der Waals surface area contributed by atoms with Gasteiger partial charge in [-0.2, -0.15) is 5.10 Å². The van der Waals surface area contributed by atoms with Crippen molar-refractivity contribution in [2.75, 3.05) is 0 Å². The van der Waals surface area contributed by atoms with Crippen LogP contribution in [0, 0.1) is 12.8 Å². The molecule has 0 radical (unpaired) electrons. The van der Waals surface area contributed by atoms with Gasteiger partial charge in [-0.25, -0.2) is 0 Å². The second-order valence-corrected chi connectivity index (χ2v) is 3.51. The second-order valence-electron chi connectivity index (χ2n) is 3.51. The Bertz CT molecular complexity index is 287. The predicted molar refractivity (Wildman–Crippen MR) is 37.9 cm³/mol. The lowest BCUT2D eigenvalue weighted by atomic mass is 10.1. The topological polar surface area (TPSA) is 28.7 Å². The van der Waals surface area contributed by atoms with E-state index in [-0.39, 0.29) is 0 Å². The summed E-state index contributed by atoms with van der Waals surface area (Å²) >= 11 is 0. The lowest BCUT2D eigenvalue weighted by Crippen LogP contribution is -1.83. The molecule has 3 rings (SSSR count). The Labute approximate surface area is 59.6 Å². The zero-order chi connectivity index (χ0) is 6.72. The van der Waals surface area contributed by atoms with Crippen LogP contribution in [0.15, 0.2) is 0 Å². The van der Waals surface area contributed by atoms with E-state index in [2.05, 4.69) is 17.1 Å². The van der Waals surface area contributed by atoms with Gasteiger partial charge in [0.25, 0.3) is 0 Å². The van der Waals surface area contributed by atoms with E-state index in [1.165, 1.54) is 29.8 Å². The van der Waals surface area contributed by atoms with Gasteiger partial charge in [0, 0.05) is 11.6 Å². The zero-order valence-corrected chi connectivity index (χ0v) is 6.02. The Hall–Kier alpha value is -0.790. The Balaban J connectivity index is 2.24. The number of fused-ring (bicyclic) bond motifs is 3. The molecule has 2 aliphatic carbocycles. The van der Waals surface area contributed by atoms with Crippen LogP contribution < -0.4 is 0 Å². The lowest BCUT2D eigenvalue weighted by molar-refractivity contribution is 0.832. The van der Waals surface area contributed by atoms with E-state index in [1.54, 1.807) is 0 Å². The molecule has 1 aromatic heterocycles. The van der Waals surface area contributed by atoms with Crippen molar-refractivity contribution in [3.8, 4) is 0 Å². The number of nitrogens with zero attached hydrogens (tertiary/aromatic N) is 1. The molecule has 1 saturated carbocycles. The molecular weight excluding hydrogens is 124 g/mol. The van der Waals surface area contributed by atoms with Crippen molar-refractivity contribution in [3.63, 3.8) is 0 Å². The molecule has 2 nitrogen and oxygen atoms in total. The molecule has 10 heavy (non-hydrogen) atoms. The maximum absolute atomic E-state index is 4.19. The predicted octanol–water partition coefficient (Wildman–Crippen LogP) is 1.38. The molecule has 0 unspecified atom stereocenters. The van der Waals surface area contributed by atoms with E-state index in [0.29, 0.717) is 0 Å². The van der Waals surface area contributed by atoms with Crippen LogP contribution in [0.25, 0.3) is 0 Å². The standard InChI is InChI=1S/C8H10N2/c1-4-6-2-5-3-7(5)8(6)10-9-4/h5,7H,2-3H2,1H3,(H,9,10)/t5-,7+/m0/s1. The van der Waals surface area contributed by atoms with E-state index < -0.39 is 0 Å². The number of aryl methyl sites for hydroxylation is 1. The van der Waals surface area contributed by atoms with E-state index >= 15 is 0 Å². The number of hydrogen-bond donors (Lipinski definition) is 1. The lowest BCUT2D eigenvalue weighted by Gasteiger charge is -1.91. The first-order valence-electron chi connectivity index (χ1n) is 3.90. The van der Waals surface area contributed by atoms with Crippen molar-refractivity contribution in [2.45, 2.75) is 25.7 Å². The first kappa shape index (κ1) is 4.94. The number of H-pyrrole nitrogens is 1. The second kappa shape index (κ2) is 1.29. The number of nitrogens with one attached hydrogen (secondary N) is 1. The fourth-order valence-corrected chi connectivity index (χ4v) is 2.13. The molecule has 0 amide bonds. The third-order valence-electron chi connectivity index (χ3n) is 2.87. The maximum Gasteiger partial charge on any atom is 0.0626 e. The average molecular weight is 134 g/mol. The minimum atomic E-state index is 0.871. The first-order valence-corrected chi connectivity index (χ1v) is 3.90. The van der Waals surface area contributed by atoms with Crippen LogP contribution in [-0.2, 0) is 6.42 Å². The van der Waals surface area contributed by atoms with Gasteiger partial charge in [-0.1, -0.05) is 0 Å². The van der Waals surface area contributed by atoms with Crippen LogP contribution in [0.1, 0.15) is 29.3 Å². The molecule has 2 heteroatoms. The monoisotopic (exact) mass is 134 g/mol. The van der Waals surface area contributed by atoms with Crippen molar-refractivity contribution < 1.29 is 0 Å². The summed E-state index contributed by atoms with van der Waals surface area (Å²) in [5.74, 6) is 1.86. The average Bonchev–Trinajstić information content (AvgIpc) is 2.46. The fourth-order valence-electron chi connectivity index (χ4n) is 2.13. The molecule has 0 saturated heterocycles. The molecule has 0 aliphatic heterocycles. The summed E-state index contributed by atoms with van der Waals surface area (Å²) < 4.78 is 0. The van der Waals surface area contributed by atoms with E-state index in [4.69, 9.17) is 0 Å². The smallest absolute Gasteiger partial charge is 0.0626 e. The molecule has 0 spiro atoms. The van der Waals surface area contributed by atoms with Gasteiger partial charge in [-0.3, -0.25) is 5.10 Å².